The first-order valence-electron chi connectivity index (χ1n) is 7.23. The van der Waals surface area contributed by atoms with Crippen molar-refractivity contribution >= 4 is 23.5 Å². The van der Waals surface area contributed by atoms with E-state index < -0.39 is 5.97 Å². The SMILES string of the molecule is O=C(COC(=O)c1ccnc(Cl)c1)NC1CCCCCC1. The van der Waals surface area contributed by atoms with Crippen molar-refractivity contribution in [2.24, 2.45) is 0 Å². The minimum absolute atomic E-state index is 0.203. The maximum atomic E-state index is 11.8. The quantitative estimate of drug-likeness (QED) is 0.527. The zero-order valence-corrected chi connectivity index (χ0v) is 12.6. The third kappa shape index (κ3) is 5.34. The van der Waals surface area contributed by atoms with Crippen LogP contribution in [-0.2, 0) is 9.53 Å². The van der Waals surface area contributed by atoms with E-state index in [1.807, 2.05) is 0 Å². The molecule has 0 atom stereocenters. The van der Waals surface area contributed by atoms with Crippen LogP contribution in [0.3, 0.4) is 0 Å². The van der Waals surface area contributed by atoms with Crippen molar-refractivity contribution in [1.82, 2.24) is 10.3 Å². The number of halogens is 1. The Morgan fingerprint density at radius 3 is 2.67 bits per heavy atom. The highest BCUT2D eigenvalue weighted by atomic mass is 35.5. The van der Waals surface area contributed by atoms with Gasteiger partial charge in [-0.15, -0.1) is 0 Å². The number of nitrogens with zero attached hydrogens (tertiary/aromatic N) is 1. The Balaban J connectivity index is 1.76. The number of esters is 1. The van der Waals surface area contributed by atoms with Gasteiger partial charge in [0.25, 0.3) is 5.91 Å². The lowest BCUT2D eigenvalue weighted by Gasteiger charge is -2.16. The minimum Gasteiger partial charge on any atom is -0.452 e. The van der Waals surface area contributed by atoms with Gasteiger partial charge in [-0.25, -0.2) is 9.78 Å². The van der Waals surface area contributed by atoms with E-state index in [0.717, 1.165) is 25.7 Å². The van der Waals surface area contributed by atoms with Crippen LogP contribution in [0.4, 0.5) is 0 Å². The van der Waals surface area contributed by atoms with Crippen LogP contribution in [0, 0.1) is 0 Å². The van der Waals surface area contributed by atoms with Gasteiger partial charge in [0.2, 0.25) is 0 Å². The van der Waals surface area contributed by atoms with Gasteiger partial charge in [-0.2, -0.15) is 0 Å². The molecule has 21 heavy (non-hydrogen) atoms. The molecule has 1 heterocycles. The number of aromatic nitrogens is 1. The summed E-state index contributed by atoms with van der Waals surface area (Å²) in [6, 6.07) is 3.11. The van der Waals surface area contributed by atoms with Crippen molar-refractivity contribution in [1.29, 1.82) is 0 Å². The number of hydrogen-bond acceptors (Lipinski definition) is 4. The lowest BCUT2D eigenvalue weighted by Crippen LogP contribution is -2.37. The average Bonchev–Trinajstić information content (AvgIpc) is 2.73. The van der Waals surface area contributed by atoms with Crippen LogP contribution in [0.15, 0.2) is 18.3 Å². The Labute approximate surface area is 129 Å². The standard InChI is InChI=1S/C15H19ClN2O3/c16-13-9-11(7-8-17-13)15(20)21-10-14(19)18-12-5-3-1-2-4-6-12/h7-9,12H,1-6,10H2,(H,18,19). The second-order valence-corrected chi connectivity index (χ2v) is 5.59. The number of carbonyl (C=O) groups excluding carboxylic acids is 2. The molecule has 114 valence electrons. The van der Waals surface area contributed by atoms with E-state index in [9.17, 15) is 9.59 Å². The predicted octanol–water partition coefficient (Wildman–Crippen LogP) is 2.73. The first-order valence-corrected chi connectivity index (χ1v) is 7.61. The molecular weight excluding hydrogens is 292 g/mol. The van der Waals surface area contributed by atoms with Crippen LogP contribution in [0.5, 0.6) is 0 Å². The van der Waals surface area contributed by atoms with E-state index in [-0.39, 0.29) is 29.3 Å². The van der Waals surface area contributed by atoms with Gasteiger partial charge in [-0.05, 0) is 25.0 Å². The molecule has 1 aromatic rings. The van der Waals surface area contributed by atoms with Crippen molar-refractivity contribution in [3.63, 3.8) is 0 Å². The fourth-order valence-electron chi connectivity index (χ4n) is 2.44. The molecule has 1 aromatic heterocycles. The van der Waals surface area contributed by atoms with Crippen LogP contribution >= 0.6 is 11.6 Å². The summed E-state index contributed by atoms with van der Waals surface area (Å²) in [5.74, 6) is -0.828. The van der Waals surface area contributed by atoms with Crippen molar-refractivity contribution in [2.75, 3.05) is 6.61 Å². The van der Waals surface area contributed by atoms with Crippen LogP contribution < -0.4 is 5.32 Å². The molecule has 0 unspecified atom stereocenters. The topological polar surface area (TPSA) is 68.3 Å². The number of ether oxygens (including phenoxy) is 1. The van der Waals surface area contributed by atoms with E-state index in [1.54, 1.807) is 0 Å². The molecule has 0 bridgehead atoms. The van der Waals surface area contributed by atoms with Crippen molar-refractivity contribution in [3.8, 4) is 0 Å². The first-order chi connectivity index (χ1) is 10.1. The van der Waals surface area contributed by atoms with Crippen molar-refractivity contribution < 1.29 is 14.3 Å². The van der Waals surface area contributed by atoms with Gasteiger partial charge in [0.05, 0.1) is 5.56 Å². The molecule has 1 saturated carbocycles. The van der Waals surface area contributed by atoms with E-state index in [0.29, 0.717) is 0 Å². The number of rotatable bonds is 4. The molecule has 2 rings (SSSR count). The number of amides is 1. The fraction of sp³-hybridized carbons (Fsp3) is 0.533. The summed E-state index contributed by atoms with van der Waals surface area (Å²) < 4.78 is 4.98. The highest BCUT2D eigenvalue weighted by Crippen LogP contribution is 2.17. The molecule has 0 aromatic carbocycles. The second-order valence-electron chi connectivity index (χ2n) is 5.20. The highest BCUT2D eigenvalue weighted by molar-refractivity contribution is 6.29. The monoisotopic (exact) mass is 310 g/mol. The lowest BCUT2D eigenvalue weighted by molar-refractivity contribution is -0.125. The van der Waals surface area contributed by atoms with Crippen molar-refractivity contribution in [3.05, 3.63) is 29.0 Å². The fourth-order valence-corrected chi connectivity index (χ4v) is 2.61. The zero-order chi connectivity index (χ0) is 15.1. The normalized spacial score (nSPS) is 16.0. The van der Waals surface area contributed by atoms with Gasteiger partial charge in [0, 0.05) is 12.2 Å². The van der Waals surface area contributed by atoms with E-state index in [4.69, 9.17) is 16.3 Å². The molecule has 1 aliphatic rings. The number of hydrogen-bond donors (Lipinski definition) is 1. The van der Waals surface area contributed by atoms with Crippen LogP contribution in [0.25, 0.3) is 0 Å². The summed E-state index contributed by atoms with van der Waals surface area (Å²) >= 11 is 5.70. The molecular formula is C15H19ClN2O3. The number of nitrogens with one attached hydrogen (secondary N) is 1. The summed E-state index contributed by atoms with van der Waals surface area (Å²) in [4.78, 5) is 27.3. The van der Waals surface area contributed by atoms with Crippen LogP contribution in [0.2, 0.25) is 5.15 Å². The van der Waals surface area contributed by atoms with E-state index >= 15 is 0 Å². The second kappa shape index (κ2) is 7.98. The summed E-state index contributed by atoms with van der Waals surface area (Å²) in [7, 11) is 0. The summed E-state index contributed by atoms with van der Waals surface area (Å²) in [5, 5.41) is 3.14. The summed E-state index contributed by atoms with van der Waals surface area (Å²) in [6.45, 7) is -0.269. The highest BCUT2D eigenvalue weighted by Gasteiger charge is 2.16. The molecule has 0 saturated heterocycles. The van der Waals surface area contributed by atoms with Gasteiger partial charge in [0.15, 0.2) is 6.61 Å². The molecule has 5 nitrogen and oxygen atoms in total. The van der Waals surface area contributed by atoms with E-state index in [1.165, 1.54) is 31.2 Å². The van der Waals surface area contributed by atoms with Gasteiger partial charge in [-0.3, -0.25) is 4.79 Å². The average molecular weight is 311 g/mol. The van der Waals surface area contributed by atoms with Crippen LogP contribution in [0.1, 0.15) is 48.9 Å². The number of carbonyl (C=O) groups is 2. The van der Waals surface area contributed by atoms with Crippen molar-refractivity contribution in [2.45, 2.75) is 44.6 Å². The zero-order valence-electron chi connectivity index (χ0n) is 11.8. The molecule has 0 aliphatic heterocycles. The first kappa shape index (κ1) is 15.8. The van der Waals surface area contributed by atoms with Gasteiger partial charge < -0.3 is 10.1 Å². The summed E-state index contributed by atoms with van der Waals surface area (Å²) in [5.41, 5.74) is 0.289. The minimum atomic E-state index is -0.574. The Kier molecular flexibility index (Phi) is 5.99. The van der Waals surface area contributed by atoms with Gasteiger partial charge >= 0.3 is 5.97 Å². The molecule has 6 heteroatoms. The molecule has 0 spiro atoms. The molecule has 1 N–H and O–H groups in total. The number of pyridine rings is 1. The maximum absolute atomic E-state index is 11.8. The Morgan fingerprint density at radius 1 is 1.29 bits per heavy atom. The smallest absolute Gasteiger partial charge is 0.338 e. The predicted molar refractivity (Wildman–Crippen MR) is 79.2 cm³/mol. The van der Waals surface area contributed by atoms with Crippen LogP contribution in [-0.4, -0.2) is 29.5 Å². The van der Waals surface area contributed by atoms with Gasteiger partial charge in [0.1, 0.15) is 5.15 Å². The maximum Gasteiger partial charge on any atom is 0.338 e. The molecule has 1 amide bonds. The third-order valence-electron chi connectivity index (χ3n) is 3.52. The molecule has 0 radical (unpaired) electrons. The molecule has 1 aliphatic carbocycles. The third-order valence-corrected chi connectivity index (χ3v) is 3.72. The van der Waals surface area contributed by atoms with Gasteiger partial charge in [-0.1, -0.05) is 37.3 Å². The largest absolute Gasteiger partial charge is 0.452 e. The lowest BCUT2D eigenvalue weighted by atomic mass is 10.1. The summed E-state index contributed by atoms with van der Waals surface area (Å²) in [6.07, 6.45) is 8.15. The molecule has 1 fully saturated rings. The Bertz CT molecular complexity index is 499. The Morgan fingerprint density at radius 2 is 2.00 bits per heavy atom. The Hall–Kier alpha value is -1.62. The van der Waals surface area contributed by atoms with E-state index in [2.05, 4.69) is 10.3 Å².